The van der Waals surface area contributed by atoms with E-state index in [1.165, 1.54) is 22.9 Å². The van der Waals surface area contributed by atoms with Crippen molar-refractivity contribution in [2.24, 2.45) is 13.0 Å². The number of aromatic nitrogens is 3. The molecule has 1 aliphatic rings. The molecule has 4 rings (SSSR count). The van der Waals surface area contributed by atoms with Crippen molar-refractivity contribution in [1.29, 1.82) is 0 Å². The number of benzene rings is 1. The van der Waals surface area contributed by atoms with Crippen LogP contribution in [0.25, 0.3) is 10.9 Å². The lowest BCUT2D eigenvalue weighted by Crippen LogP contribution is -2.38. The number of hydrogen-bond acceptors (Lipinski definition) is 2. The maximum absolute atomic E-state index is 12.7. The van der Waals surface area contributed by atoms with Crippen molar-refractivity contribution in [3.8, 4) is 0 Å². The Kier molecular flexibility index (Phi) is 5.51. The molecule has 2 aromatic heterocycles. The molecule has 1 saturated heterocycles. The Labute approximate surface area is 167 Å². The molecule has 1 aromatic carbocycles. The maximum Gasteiger partial charge on any atom is 0.222 e. The molecule has 1 amide bonds. The number of piperidine rings is 1. The Bertz CT molecular complexity index is 947. The second kappa shape index (κ2) is 8.21. The number of fused-ring (bicyclic) bond motifs is 1. The summed E-state index contributed by atoms with van der Waals surface area (Å²) >= 11 is 0. The highest BCUT2D eigenvalue weighted by Crippen LogP contribution is 2.24. The first-order valence-corrected chi connectivity index (χ1v) is 10.4. The van der Waals surface area contributed by atoms with Gasteiger partial charge in [0.15, 0.2) is 0 Å². The van der Waals surface area contributed by atoms with Crippen LogP contribution in [0.4, 0.5) is 0 Å². The van der Waals surface area contributed by atoms with E-state index in [9.17, 15) is 4.79 Å². The van der Waals surface area contributed by atoms with E-state index in [1.54, 1.807) is 0 Å². The van der Waals surface area contributed by atoms with Crippen molar-refractivity contribution in [2.45, 2.75) is 45.6 Å². The van der Waals surface area contributed by atoms with Gasteiger partial charge in [0.25, 0.3) is 0 Å². The van der Waals surface area contributed by atoms with Crippen molar-refractivity contribution in [1.82, 2.24) is 19.0 Å². The predicted octanol–water partition coefficient (Wildman–Crippen LogP) is 3.94. The Morgan fingerprint density at radius 3 is 2.75 bits per heavy atom. The average Bonchev–Trinajstić information content (AvgIpc) is 3.28. The van der Waals surface area contributed by atoms with E-state index in [2.05, 4.69) is 69.6 Å². The molecule has 0 saturated carbocycles. The van der Waals surface area contributed by atoms with Crippen LogP contribution in [0.1, 0.15) is 37.1 Å². The van der Waals surface area contributed by atoms with Gasteiger partial charge in [-0.25, -0.2) is 4.98 Å². The minimum absolute atomic E-state index is 0.303. The van der Waals surface area contributed by atoms with Crippen LogP contribution in [0, 0.1) is 12.8 Å². The van der Waals surface area contributed by atoms with Gasteiger partial charge in [-0.2, -0.15) is 0 Å². The van der Waals surface area contributed by atoms with E-state index in [4.69, 9.17) is 0 Å². The van der Waals surface area contributed by atoms with Crippen molar-refractivity contribution in [3.05, 3.63) is 54.2 Å². The quantitative estimate of drug-likeness (QED) is 0.652. The minimum atomic E-state index is 0.303. The lowest BCUT2D eigenvalue weighted by atomic mass is 9.93. The SMILES string of the molecule is Cc1nccn1CCC1CCN(C(=O)CCc2cn(C)c3ccccc23)CC1. The Morgan fingerprint density at radius 1 is 1.21 bits per heavy atom. The molecule has 3 heterocycles. The zero-order valence-electron chi connectivity index (χ0n) is 17.0. The van der Waals surface area contributed by atoms with Crippen LogP contribution >= 0.6 is 0 Å². The van der Waals surface area contributed by atoms with E-state index >= 15 is 0 Å². The van der Waals surface area contributed by atoms with Crippen molar-refractivity contribution in [2.75, 3.05) is 13.1 Å². The summed E-state index contributed by atoms with van der Waals surface area (Å²) in [6.07, 6.45) is 10.9. The Hall–Kier alpha value is -2.56. The molecular formula is C23H30N4O. The first kappa shape index (κ1) is 18.8. The summed E-state index contributed by atoms with van der Waals surface area (Å²) in [5, 5.41) is 1.27. The molecule has 0 atom stereocenters. The van der Waals surface area contributed by atoms with Crippen LogP contribution in [0.3, 0.4) is 0 Å². The van der Waals surface area contributed by atoms with Gasteiger partial charge in [-0.3, -0.25) is 4.79 Å². The van der Waals surface area contributed by atoms with Crippen LogP contribution < -0.4 is 0 Å². The van der Waals surface area contributed by atoms with Crippen molar-refractivity contribution < 1.29 is 4.79 Å². The maximum atomic E-state index is 12.7. The predicted molar refractivity (Wildman–Crippen MR) is 112 cm³/mol. The molecule has 0 unspecified atom stereocenters. The van der Waals surface area contributed by atoms with Gasteiger partial charge < -0.3 is 14.0 Å². The number of para-hydroxylation sites is 1. The van der Waals surface area contributed by atoms with Gasteiger partial charge >= 0.3 is 0 Å². The number of imidazole rings is 1. The summed E-state index contributed by atoms with van der Waals surface area (Å²) in [4.78, 5) is 19.1. The highest BCUT2D eigenvalue weighted by Gasteiger charge is 2.22. The largest absolute Gasteiger partial charge is 0.350 e. The zero-order chi connectivity index (χ0) is 19.5. The molecule has 0 radical (unpaired) electrons. The molecule has 0 bridgehead atoms. The van der Waals surface area contributed by atoms with E-state index in [0.29, 0.717) is 18.2 Å². The number of carbonyl (C=O) groups excluding carboxylic acids is 1. The molecule has 28 heavy (non-hydrogen) atoms. The van der Waals surface area contributed by atoms with E-state index in [-0.39, 0.29) is 0 Å². The van der Waals surface area contributed by atoms with Crippen LogP contribution in [-0.2, 0) is 24.8 Å². The summed E-state index contributed by atoms with van der Waals surface area (Å²) in [6, 6.07) is 8.43. The summed E-state index contributed by atoms with van der Waals surface area (Å²) in [6.45, 7) is 4.90. The van der Waals surface area contributed by atoms with Crippen LogP contribution in [0.5, 0.6) is 0 Å². The minimum Gasteiger partial charge on any atom is -0.350 e. The third-order valence-corrected chi connectivity index (χ3v) is 6.26. The summed E-state index contributed by atoms with van der Waals surface area (Å²) in [5.74, 6) is 2.10. The third-order valence-electron chi connectivity index (χ3n) is 6.26. The number of aryl methyl sites for hydroxylation is 4. The fourth-order valence-corrected chi connectivity index (χ4v) is 4.46. The lowest BCUT2D eigenvalue weighted by molar-refractivity contribution is -0.132. The normalized spacial score (nSPS) is 15.4. The van der Waals surface area contributed by atoms with E-state index in [0.717, 1.165) is 44.7 Å². The number of amides is 1. The van der Waals surface area contributed by atoms with Gasteiger partial charge in [0.2, 0.25) is 5.91 Å². The van der Waals surface area contributed by atoms with Crippen LogP contribution in [0.2, 0.25) is 0 Å². The Morgan fingerprint density at radius 2 is 2.00 bits per heavy atom. The van der Waals surface area contributed by atoms with Gasteiger partial charge in [0, 0.05) is 62.6 Å². The van der Waals surface area contributed by atoms with Gasteiger partial charge in [-0.1, -0.05) is 18.2 Å². The molecule has 5 heteroatoms. The second-order valence-electron chi connectivity index (χ2n) is 8.06. The van der Waals surface area contributed by atoms with Gasteiger partial charge in [-0.05, 0) is 50.2 Å². The molecule has 0 spiro atoms. The van der Waals surface area contributed by atoms with Gasteiger partial charge in [0.05, 0.1) is 0 Å². The van der Waals surface area contributed by atoms with Crippen molar-refractivity contribution >= 4 is 16.8 Å². The molecule has 0 N–H and O–H groups in total. The van der Waals surface area contributed by atoms with E-state index in [1.807, 2.05) is 6.20 Å². The fourth-order valence-electron chi connectivity index (χ4n) is 4.46. The smallest absolute Gasteiger partial charge is 0.222 e. The van der Waals surface area contributed by atoms with Gasteiger partial charge in [-0.15, -0.1) is 0 Å². The monoisotopic (exact) mass is 378 g/mol. The first-order valence-electron chi connectivity index (χ1n) is 10.4. The molecule has 5 nitrogen and oxygen atoms in total. The fraction of sp³-hybridized carbons (Fsp3) is 0.478. The average molecular weight is 379 g/mol. The summed E-state index contributed by atoms with van der Waals surface area (Å²) < 4.78 is 4.38. The highest BCUT2D eigenvalue weighted by atomic mass is 16.2. The summed E-state index contributed by atoms with van der Waals surface area (Å²) in [7, 11) is 2.07. The molecule has 0 aliphatic carbocycles. The first-order chi connectivity index (χ1) is 13.6. The third kappa shape index (κ3) is 3.98. The topological polar surface area (TPSA) is 43.1 Å². The number of likely N-dealkylation sites (tertiary alicyclic amines) is 1. The number of hydrogen-bond donors (Lipinski definition) is 0. The van der Waals surface area contributed by atoms with E-state index < -0.39 is 0 Å². The molecule has 1 fully saturated rings. The molecule has 1 aliphatic heterocycles. The van der Waals surface area contributed by atoms with Gasteiger partial charge in [0.1, 0.15) is 5.82 Å². The number of rotatable bonds is 6. The van der Waals surface area contributed by atoms with Crippen LogP contribution in [-0.4, -0.2) is 38.0 Å². The summed E-state index contributed by atoms with van der Waals surface area (Å²) in [5.41, 5.74) is 2.51. The lowest BCUT2D eigenvalue weighted by Gasteiger charge is -2.32. The number of carbonyl (C=O) groups is 1. The Balaban J connectivity index is 1.25. The zero-order valence-corrected chi connectivity index (χ0v) is 17.0. The highest BCUT2D eigenvalue weighted by molar-refractivity contribution is 5.85. The standard InChI is InChI=1S/C23H30N4O/c1-18-24-12-16-26(18)13-9-19-10-14-27(15-11-19)23(28)8-7-20-17-25(2)22-6-4-3-5-21(20)22/h3-6,12,16-17,19H,7-11,13-15H2,1-2H3. The molecule has 3 aromatic rings. The van der Waals surface area contributed by atoms with Crippen molar-refractivity contribution in [3.63, 3.8) is 0 Å². The van der Waals surface area contributed by atoms with Crippen LogP contribution in [0.15, 0.2) is 42.9 Å². The molecule has 148 valence electrons. The number of nitrogens with zero attached hydrogens (tertiary/aromatic N) is 4. The second-order valence-corrected chi connectivity index (χ2v) is 8.06. The molecular weight excluding hydrogens is 348 g/mol.